The van der Waals surface area contributed by atoms with Gasteiger partial charge in [0.1, 0.15) is 5.75 Å². The van der Waals surface area contributed by atoms with Crippen molar-refractivity contribution in [1.82, 2.24) is 4.90 Å². The largest absolute Gasteiger partial charge is 0.497 e. The van der Waals surface area contributed by atoms with Crippen LogP contribution in [-0.2, 0) is 0 Å². The molecule has 19 heavy (non-hydrogen) atoms. The molecule has 1 amide bonds. The minimum Gasteiger partial charge on any atom is -0.497 e. The van der Waals surface area contributed by atoms with Crippen molar-refractivity contribution in [2.45, 2.75) is 18.6 Å². The molecule has 0 unspecified atom stereocenters. The highest BCUT2D eigenvalue weighted by Crippen LogP contribution is 2.23. The fraction of sp³-hybridized carbons (Fsp3) is 0.462. The van der Waals surface area contributed by atoms with Crippen LogP contribution in [0.25, 0.3) is 0 Å². The van der Waals surface area contributed by atoms with Crippen LogP contribution < -0.4 is 4.74 Å². The number of nitrogens with zero attached hydrogens (tertiary/aromatic N) is 1. The molecule has 104 valence electrons. The maximum absolute atomic E-state index is 12.3. The monoisotopic (exact) mass is 329 g/mol. The summed E-state index contributed by atoms with van der Waals surface area (Å²) in [6, 6.07) is 5.09. The van der Waals surface area contributed by atoms with Crippen LogP contribution in [0.5, 0.6) is 5.75 Å². The van der Waals surface area contributed by atoms with Crippen molar-refractivity contribution in [2.24, 2.45) is 0 Å². The minimum atomic E-state index is -0.679. The maximum atomic E-state index is 12.3. The summed E-state index contributed by atoms with van der Waals surface area (Å²) in [5, 5.41) is 19.2. The number of aliphatic hydroxyl groups excluding tert-OH is 2. The van der Waals surface area contributed by atoms with Gasteiger partial charge in [-0.05, 0) is 18.2 Å². The van der Waals surface area contributed by atoms with E-state index in [9.17, 15) is 15.0 Å². The van der Waals surface area contributed by atoms with Gasteiger partial charge in [0, 0.05) is 29.5 Å². The first kappa shape index (κ1) is 14.3. The zero-order valence-electron chi connectivity index (χ0n) is 10.5. The average molecular weight is 330 g/mol. The molecule has 1 fully saturated rings. The van der Waals surface area contributed by atoms with E-state index in [0.29, 0.717) is 17.7 Å². The second-order valence-electron chi connectivity index (χ2n) is 4.63. The number of likely N-dealkylation sites (tertiary alicyclic amines) is 1. The molecule has 0 aromatic heterocycles. The van der Waals surface area contributed by atoms with Gasteiger partial charge in [0.25, 0.3) is 5.91 Å². The highest BCUT2D eigenvalue weighted by atomic mass is 79.9. The molecule has 0 aliphatic carbocycles. The molecule has 0 spiro atoms. The molecule has 1 aromatic carbocycles. The summed E-state index contributed by atoms with van der Waals surface area (Å²) in [6.07, 6.45) is -1.05. The molecule has 1 aromatic rings. The number of aliphatic hydroxyl groups is 2. The number of benzene rings is 1. The molecular weight excluding hydrogens is 314 g/mol. The fourth-order valence-electron chi connectivity index (χ4n) is 2.20. The molecule has 0 saturated carbocycles. The molecule has 2 N–H and O–H groups in total. The van der Waals surface area contributed by atoms with E-state index in [1.807, 2.05) is 0 Å². The Balaban J connectivity index is 2.21. The zero-order valence-corrected chi connectivity index (χ0v) is 12.1. The summed E-state index contributed by atoms with van der Waals surface area (Å²) >= 11 is 3.32. The molecular formula is C13H16BrNO4. The van der Waals surface area contributed by atoms with E-state index in [0.717, 1.165) is 4.47 Å². The first-order valence-electron chi connectivity index (χ1n) is 5.99. The highest BCUT2D eigenvalue weighted by molar-refractivity contribution is 9.10. The topological polar surface area (TPSA) is 70.0 Å². The van der Waals surface area contributed by atoms with Crippen molar-refractivity contribution >= 4 is 21.8 Å². The van der Waals surface area contributed by atoms with E-state index in [-0.39, 0.29) is 19.0 Å². The van der Waals surface area contributed by atoms with Crippen LogP contribution in [0, 0.1) is 0 Å². The number of methoxy groups -OCH3 is 1. The van der Waals surface area contributed by atoms with Crippen LogP contribution in [0.2, 0.25) is 0 Å². The molecule has 1 aliphatic heterocycles. The number of hydrogen-bond acceptors (Lipinski definition) is 4. The normalized spacial score (nSPS) is 23.3. The van der Waals surface area contributed by atoms with Gasteiger partial charge in [0.2, 0.25) is 0 Å². The van der Waals surface area contributed by atoms with Crippen molar-refractivity contribution in [2.75, 3.05) is 20.2 Å². The quantitative estimate of drug-likeness (QED) is 0.850. The first-order chi connectivity index (χ1) is 8.99. The summed E-state index contributed by atoms with van der Waals surface area (Å²) < 4.78 is 5.86. The van der Waals surface area contributed by atoms with Crippen molar-refractivity contribution in [3.63, 3.8) is 0 Å². The van der Waals surface area contributed by atoms with Crippen molar-refractivity contribution < 1.29 is 19.7 Å². The van der Waals surface area contributed by atoms with E-state index in [4.69, 9.17) is 4.74 Å². The van der Waals surface area contributed by atoms with Gasteiger partial charge in [-0.3, -0.25) is 4.79 Å². The molecule has 6 heteroatoms. The third-order valence-electron chi connectivity index (χ3n) is 3.05. The van der Waals surface area contributed by atoms with Gasteiger partial charge < -0.3 is 19.8 Å². The third kappa shape index (κ3) is 3.46. The Hall–Kier alpha value is -1.11. The lowest BCUT2D eigenvalue weighted by Gasteiger charge is -2.33. The van der Waals surface area contributed by atoms with Crippen LogP contribution in [0.1, 0.15) is 16.8 Å². The van der Waals surface area contributed by atoms with E-state index in [1.54, 1.807) is 18.2 Å². The van der Waals surface area contributed by atoms with Gasteiger partial charge in [-0.1, -0.05) is 15.9 Å². The predicted octanol–water partition coefficient (Wildman–Crippen LogP) is 1.03. The van der Waals surface area contributed by atoms with Gasteiger partial charge in [-0.15, -0.1) is 0 Å². The Bertz CT molecular complexity index is 470. The Morgan fingerprint density at radius 3 is 2.53 bits per heavy atom. The highest BCUT2D eigenvalue weighted by Gasteiger charge is 2.28. The number of halogens is 1. The van der Waals surface area contributed by atoms with Gasteiger partial charge in [0.15, 0.2) is 0 Å². The van der Waals surface area contributed by atoms with Gasteiger partial charge in [-0.25, -0.2) is 0 Å². The zero-order chi connectivity index (χ0) is 14.0. The van der Waals surface area contributed by atoms with E-state index < -0.39 is 12.2 Å². The number of β-amino-alcohol motifs (C(OH)–C–C–N with tert-alkyl or cyclic N) is 2. The fourth-order valence-corrected chi connectivity index (χ4v) is 2.67. The van der Waals surface area contributed by atoms with Crippen LogP contribution in [-0.4, -0.2) is 53.4 Å². The third-order valence-corrected chi connectivity index (χ3v) is 3.51. The van der Waals surface area contributed by atoms with E-state index in [2.05, 4.69) is 15.9 Å². The lowest BCUT2D eigenvalue weighted by Crippen LogP contribution is -2.48. The molecule has 0 radical (unpaired) electrons. The number of carbonyl (C=O) groups excluding carboxylic acids is 1. The maximum Gasteiger partial charge on any atom is 0.254 e. The Labute approximate surface area is 119 Å². The molecule has 2 rings (SSSR count). The standard InChI is InChI=1S/C13H16BrNO4/c1-19-12-3-8(2-9(14)4-12)13(18)15-6-10(16)5-11(17)7-15/h2-4,10-11,16-17H,5-7H2,1H3/t10-,11+. The van der Waals surface area contributed by atoms with Gasteiger partial charge in [0.05, 0.1) is 19.3 Å². The van der Waals surface area contributed by atoms with Crippen LogP contribution in [0.3, 0.4) is 0 Å². The summed E-state index contributed by atoms with van der Waals surface area (Å²) in [6.45, 7) is 0.482. The van der Waals surface area contributed by atoms with Crippen LogP contribution >= 0.6 is 15.9 Å². The van der Waals surface area contributed by atoms with Gasteiger partial charge in [-0.2, -0.15) is 0 Å². The number of piperidine rings is 1. The number of ether oxygens (including phenoxy) is 1. The second kappa shape index (κ2) is 5.90. The Morgan fingerprint density at radius 2 is 1.95 bits per heavy atom. The van der Waals surface area contributed by atoms with Crippen LogP contribution in [0.15, 0.2) is 22.7 Å². The molecule has 1 saturated heterocycles. The number of rotatable bonds is 2. The average Bonchev–Trinajstić information content (AvgIpc) is 2.35. The first-order valence-corrected chi connectivity index (χ1v) is 6.79. The van der Waals surface area contributed by atoms with Gasteiger partial charge >= 0.3 is 0 Å². The predicted molar refractivity (Wildman–Crippen MR) is 73.2 cm³/mol. The van der Waals surface area contributed by atoms with E-state index in [1.165, 1.54) is 12.0 Å². The molecule has 5 nitrogen and oxygen atoms in total. The summed E-state index contributed by atoms with van der Waals surface area (Å²) in [5.74, 6) is 0.355. The van der Waals surface area contributed by atoms with E-state index >= 15 is 0 Å². The minimum absolute atomic E-state index is 0.225. The lowest BCUT2D eigenvalue weighted by molar-refractivity contribution is -0.00385. The summed E-state index contributed by atoms with van der Waals surface area (Å²) in [7, 11) is 1.53. The molecule has 1 aliphatic rings. The number of hydrogen-bond donors (Lipinski definition) is 2. The molecule has 0 bridgehead atoms. The SMILES string of the molecule is COc1cc(Br)cc(C(=O)N2C[C@H](O)C[C@H](O)C2)c1. The number of carbonyl (C=O) groups is 1. The number of amides is 1. The molecule has 1 heterocycles. The summed E-state index contributed by atoms with van der Waals surface area (Å²) in [5.41, 5.74) is 0.465. The van der Waals surface area contributed by atoms with Crippen molar-refractivity contribution in [1.29, 1.82) is 0 Å². The Kier molecular flexibility index (Phi) is 4.44. The second-order valence-corrected chi connectivity index (χ2v) is 5.55. The lowest BCUT2D eigenvalue weighted by atomic mass is 10.0. The smallest absolute Gasteiger partial charge is 0.254 e. The molecule has 2 atom stereocenters. The van der Waals surface area contributed by atoms with Crippen molar-refractivity contribution in [3.05, 3.63) is 28.2 Å². The van der Waals surface area contributed by atoms with Crippen molar-refractivity contribution in [3.8, 4) is 5.75 Å². The van der Waals surface area contributed by atoms with Crippen LogP contribution in [0.4, 0.5) is 0 Å². The summed E-state index contributed by atoms with van der Waals surface area (Å²) in [4.78, 5) is 13.8. The Morgan fingerprint density at radius 1 is 1.32 bits per heavy atom.